The molecule has 0 aliphatic carbocycles. The van der Waals surface area contributed by atoms with Gasteiger partial charge in [0.25, 0.3) is 5.91 Å². The van der Waals surface area contributed by atoms with Crippen LogP contribution in [0.1, 0.15) is 0 Å². The molecule has 1 aliphatic rings. The summed E-state index contributed by atoms with van der Waals surface area (Å²) in [6, 6.07) is 10.4. The van der Waals surface area contributed by atoms with Gasteiger partial charge < -0.3 is 24.3 Å². The molecular weight excluding hydrogens is 334 g/mol. The lowest BCUT2D eigenvalue weighted by Crippen LogP contribution is -2.40. The van der Waals surface area contributed by atoms with Crippen molar-refractivity contribution in [2.24, 2.45) is 0 Å². The first-order valence-electron chi connectivity index (χ1n) is 7.23. The Balaban J connectivity index is 1.77. The summed E-state index contributed by atoms with van der Waals surface area (Å²) in [7, 11) is 3.00. The molecule has 0 unspecified atom stereocenters. The topological polar surface area (TPSA) is 66.0 Å². The first-order valence-corrected chi connectivity index (χ1v) is 7.61. The van der Waals surface area contributed by atoms with E-state index in [9.17, 15) is 4.79 Å². The third-order valence-electron chi connectivity index (χ3n) is 3.53. The van der Waals surface area contributed by atoms with E-state index in [1.807, 2.05) is 12.1 Å². The Kier molecular flexibility index (Phi) is 4.66. The fourth-order valence-corrected chi connectivity index (χ4v) is 2.56. The molecule has 3 rings (SSSR count). The van der Waals surface area contributed by atoms with E-state index in [0.717, 1.165) is 0 Å². The minimum Gasteiger partial charge on any atom is -0.495 e. The maximum absolute atomic E-state index is 12.5. The summed E-state index contributed by atoms with van der Waals surface area (Å²) in [6.45, 7) is 0.120. The van der Waals surface area contributed by atoms with Gasteiger partial charge in [0.1, 0.15) is 18.1 Å². The molecule has 2 aromatic carbocycles. The van der Waals surface area contributed by atoms with Gasteiger partial charge in [0, 0.05) is 6.07 Å². The molecule has 0 fully saturated rings. The van der Waals surface area contributed by atoms with Gasteiger partial charge in [-0.15, -0.1) is 0 Å². The summed E-state index contributed by atoms with van der Waals surface area (Å²) in [6.07, 6.45) is -0.773. The molecule has 0 spiro atoms. The quantitative estimate of drug-likeness (QED) is 0.918. The number of rotatable bonds is 4. The number of methoxy groups -OCH3 is 2. The molecule has 1 atom stereocenters. The lowest BCUT2D eigenvalue weighted by molar-refractivity contribution is -0.125. The van der Waals surface area contributed by atoms with Gasteiger partial charge in [-0.3, -0.25) is 4.79 Å². The van der Waals surface area contributed by atoms with Crippen molar-refractivity contribution in [3.63, 3.8) is 0 Å². The molecule has 2 aromatic rings. The standard InChI is InChI=1S/C17H16ClNO5/c1-21-14-8-15(22-2)11(7-10(14)18)19-17(20)16-9-23-12-5-3-4-6-13(12)24-16/h3-8,16H,9H2,1-2H3,(H,19,20)/t16-/m0/s1. The SMILES string of the molecule is COc1cc(OC)c(NC(=O)[C@@H]2COc3ccccc3O2)cc1Cl. The van der Waals surface area contributed by atoms with Crippen LogP contribution < -0.4 is 24.3 Å². The highest BCUT2D eigenvalue weighted by molar-refractivity contribution is 6.32. The maximum Gasteiger partial charge on any atom is 0.269 e. The number of nitrogens with one attached hydrogen (secondary N) is 1. The predicted molar refractivity (Wildman–Crippen MR) is 89.5 cm³/mol. The van der Waals surface area contributed by atoms with Crippen LogP contribution in [0.25, 0.3) is 0 Å². The fourth-order valence-electron chi connectivity index (χ4n) is 2.32. The second-order valence-corrected chi connectivity index (χ2v) is 5.45. The summed E-state index contributed by atoms with van der Waals surface area (Å²) in [4.78, 5) is 12.5. The number of carbonyl (C=O) groups is 1. The van der Waals surface area contributed by atoms with Crippen LogP contribution in [0.3, 0.4) is 0 Å². The smallest absolute Gasteiger partial charge is 0.269 e. The van der Waals surface area contributed by atoms with E-state index in [1.54, 1.807) is 24.3 Å². The van der Waals surface area contributed by atoms with Crippen molar-refractivity contribution in [3.05, 3.63) is 41.4 Å². The van der Waals surface area contributed by atoms with Crippen molar-refractivity contribution in [1.82, 2.24) is 0 Å². The second-order valence-electron chi connectivity index (χ2n) is 5.04. The van der Waals surface area contributed by atoms with Crippen LogP contribution in [0, 0.1) is 0 Å². The number of benzene rings is 2. The minimum absolute atomic E-state index is 0.120. The average Bonchev–Trinajstić information content (AvgIpc) is 2.61. The first-order chi connectivity index (χ1) is 11.6. The first kappa shape index (κ1) is 16.3. The number of anilines is 1. The lowest BCUT2D eigenvalue weighted by atomic mass is 10.2. The Morgan fingerprint density at radius 2 is 1.88 bits per heavy atom. The number of halogens is 1. The zero-order valence-corrected chi connectivity index (χ0v) is 13.9. The van der Waals surface area contributed by atoms with Crippen molar-refractivity contribution >= 4 is 23.2 Å². The van der Waals surface area contributed by atoms with E-state index in [1.165, 1.54) is 14.2 Å². The average molecular weight is 350 g/mol. The summed E-state index contributed by atoms with van der Waals surface area (Å²) >= 11 is 6.11. The summed E-state index contributed by atoms with van der Waals surface area (Å²) in [5.74, 6) is 1.68. The maximum atomic E-state index is 12.5. The van der Waals surface area contributed by atoms with Crippen LogP contribution >= 0.6 is 11.6 Å². The second kappa shape index (κ2) is 6.88. The number of para-hydroxylation sites is 2. The Morgan fingerprint density at radius 1 is 1.17 bits per heavy atom. The summed E-state index contributed by atoms with van der Waals surface area (Å²) in [5.41, 5.74) is 0.427. The van der Waals surface area contributed by atoms with Gasteiger partial charge in [-0.2, -0.15) is 0 Å². The monoisotopic (exact) mass is 349 g/mol. The minimum atomic E-state index is -0.773. The molecule has 0 radical (unpaired) electrons. The molecule has 1 aliphatic heterocycles. The molecule has 6 nitrogen and oxygen atoms in total. The zero-order valence-electron chi connectivity index (χ0n) is 13.2. The number of carbonyl (C=O) groups excluding carboxylic acids is 1. The van der Waals surface area contributed by atoms with Crippen LogP contribution in [0.15, 0.2) is 36.4 Å². The highest BCUT2D eigenvalue weighted by Gasteiger charge is 2.28. The van der Waals surface area contributed by atoms with Crippen molar-refractivity contribution in [2.75, 3.05) is 26.1 Å². The Bertz CT molecular complexity index is 765. The van der Waals surface area contributed by atoms with Crippen LogP contribution in [0.4, 0.5) is 5.69 Å². The third kappa shape index (κ3) is 3.19. The van der Waals surface area contributed by atoms with E-state index in [2.05, 4.69) is 5.32 Å². The highest BCUT2D eigenvalue weighted by atomic mass is 35.5. The predicted octanol–water partition coefficient (Wildman–Crippen LogP) is 3.14. The molecule has 0 saturated heterocycles. The largest absolute Gasteiger partial charge is 0.495 e. The van der Waals surface area contributed by atoms with E-state index in [-0.39, 0.29) is 12.5 Å². The van der Waals surface area contributed by atoms with E-state index < -0.39 is 6.10 Å². The number of fused-ring (bicyclic) bond motifs is 1. The Morgan fingerprint density at radius 3 is 2.58 bits per heavy atom. The number of ether oxygens (including phenoxy) is 4. The van der Waals surface area contributed by atoms with E-state index in [4.69, 9.17) is 30.5 Å². The molecule has 1 heterocycles. The molecule has 1 amide bonds. The van der Waals surface area contributed by atoms with Crippen molar-refractivity contribution in [1.29, 1.82) is 0 Å². The van der Waals surface area contributed by atoms with E-state index in [0.29, 0.717) is 33.7 Å². The number of amides is 1. The molecule has 1 N–H and O–H groups in total. The van der Waals surface area contributed by atoms with Gasteiger partial charge in [-0.05, 0) is 18.2 Å². The van der Waals surface area contributed by atoms with Crippen molar-refractivity contribution < 1.29 is 23.7 Å². The van der Waals surface area contributed by atoms with Gasteiger partial charge >= 0.3 is 0 Å². The number of hydrogen-bond donors (Lipinski definition) is 1. The Labute approximate surface area is 144 Å². The number of hydrogen-bond acceptors (Lipinski definition) is 5. The van der Waals surface area contributed by atoms with Gasteiger partial charge in [0.05, 0.1) is 24.9 Å². The van der Waals surface area contributed by atoms with Gasteiger partial charge in [-0.25, -0.2) is 0 Å². The van der Waals surface area contributed by atoms with Crippen molar-refractivity contribution in [2.45, 2.75) is 6.10 Å². The molecular formula is C17H16ClNO5. The van der Waals surface area contributed by atoms with E-state index >= 15 is 0 Å². The normalized spacial score (nSPS) is 15.5. The third-order valence-corrected chi connectivity index (χ3v) is 3.83. The Hall–Kier alpha value is -2.60. The molecule has 0 saturated carbocycles. The van der Waals surface area contributed by atoms with Gasteiger partial charge in [0.2, 0.25) is 6.10 Å². The molecule has 126 valence electrons. The van der Waals surface area contributed by atoms with Gasteiger partial charge in [0.15, 0.2) is 11.5 Å². The van der Waals surface area contributed by atoms with Crippen LogP contribution in [-0.2, 0) is 4.79 Å². The van der Waals surface area contributed by atoms with Gasteiger partial charge in [-0.1, -0.05) is 23.7 Å². The van der Waals surface area contributed by atoms with Crippen molar-refractivity contribution in [3.8, 4) is 23.0 Å². The van der Waals surface area contributed by atoms with Crippen LogP contribution in [-0.4, -0.2) is 32.8 Å². The fraction of sp³-hybridized carbons (Fsp3) is 0.235. The molecule has 7 heteroatoms. The zero-order chi connectivity index (χ0) is 17.1. The highest BCUT2D eigenvalue weighted by Crippen LogP contribution is 2.36. The lowest BCUT2D eigenvalue weighted by Gasteiger charge is -2.25. The summed E-state index contributed by atoms with van der Waals surface area (Å²) in [5, 5.41) is 3.11. The molecule has 24 heavy (non-hydrogen) atoms. The van der Waals surface area contributed by atoms with Crippen LogP contribution in [0.5, 0.6) is 23.0 Å². The molecule has 0 aromatic heterocycles. The summed E-state index contributed by atoms with van der Waals surface area (Å²) < 4.78 is 21.6. The van der Waals surface area contributed by atoms with Crippen LogP contribution in [0.2, 0.25) is 5.02 Å². The molecule has 0 bridgehead atoms.